The van der Waals surface area contributed by atoms with Crippen molar-refractivity contribution in [1.82, 2.24) is 19.9 Å². The number of nitrogens with one attached hydrogen (secondary N) is 1. The molecule has 0 bridgehead atoms. The van der Waals surface area contributed by atoms with E-state index in [1.807, 2.05) is 33.0 Å². The van der Waals surface area contributed by atoms with Crippen LogP contribution in [0.5, 0.6) is 0 Å². The van der Waals surface area contributed by atoms with Crippen LogP contribution in [-0.4, -0.2) is 57.7 Å². The minimum atomic E-state index is -0.481. The standard InChI is InChI=1S/C25H28N6O2/c1-25(2,3)33-24(32)31-9-7-30(8-10-31)18-6-4-5-16(11-18)17-12-20-19-13-22(26)27-15-21(19)29-23(20)28-14-17/h4-6,11-15H,7-10H2,1-3H3,(H2,26,27)(H,28,29). The van der Waals surface area contributed by atoms with Gasteiger partial charge in [0.1, 0.15) is 17.1 Å². The number of nitrogens with zero attached hydrogens (tertiary/aromatic N) is 4. The number of H-pyrrole nitrogens is 1. The fourth-order valence-electron chi connectivity index (χ4n) is 4.20. The summed E-state index contributed by atoms with van der Waals surface area (Å²) >= 11 is 0. The zero-order chi connectivity index (χ0) is 23.2. The maximum atomic E-state index is 12.4. The number of carbonyl (C=O) groups is 1. The van der Waals surface area contributed by atoms with E-state index < -0.39 is 5.60 Å². The van der Waals surface area contributed by atoms with Gasteiger partial charge >= 0.3 is 6.09 Å². The van der Waals surface area contributed by atoms with Crippen LogP contribution in [0, 0.1) is 0 Å². The van der Waals surface area contributed by atoms with E-state index in [0.717, 1.165) is 51.8 Å². The molecule has 0 atom stereocenters. The molecule has 33 heavy (non-hydrogen) atoms. The minimum absolute atomic E-state index is 0.246. The van der Waals surface area contributed by atoms with Gasteiger partial charge in [0.15, 0.2) is 0 Å². The number of hydrogen-bond donors (Lipinski definition) is 2. The molecule has 8 heteroatoms. The van der Waals surface area contributed by atoms with Crippen molar-refractivity contribution in [2.75, 3.05) is 36.8 Å². The van der Waals surface area contributed by atoms with Gasteiger partial charge in [-0.1, -0.05) is 12.1 Å². The van der Waals surface area contributed by atoms with Gasteiger partial charge in [0.05, 0.1) is 11.7 Å². The van der Waals surface area contributed by atoms with Crippen LogP contribution in [-0.2, 0) is 4.74 Å². The van der Waals surface area contributed by atoms with Crippen molar-refractivity contribution >= 4 is 39.5 Å². The van der Waals surface area contributed by atoms with Gasteiger partial charge in [-0.3, -0.25) is 0 Å². The summed E-state index contributed by atoms with van der Waals surface area (Å²) in [5.41, 5.74) is 10.4. The number of aromatic nitrogens is 3. The van der Waals surface area contributed by atoms with E-state index in [1.54, 1.807) is 11.1 Å². The zero-order valence-electron chi connectivity index (χ0n) is 19.1. The fraction of sp³-hybridized carbons (Fsp3) is 0.320. The Hall–Kier alpha value is -3.81. The minimum Gasteiger partial charge on any atom is -0.444 e. The zero-order valence-corrected chi connectivity index (χ0v) is 19.1. The molecule has 0 unspecified atom stereocenters. The quantitative estimate of drug-likeness (QED) is 0.475. The van der Waals surface area contributed by atoms with E-state index in [4.69, 9.17) is 10.5 Å². The van der Waals surface area contributed by atoms with Gasteiger partial charge in [0.25, 0.3) is 0 Å². The molecule has 1 aliphatic heterocycles. The number of piperazine rings is 1. The van der Waals surface area contributed by atoms with Crippen molar-refractivity contribution in [3.05, 3.63) is 48.8 Å². The number of benzene rings is 1. The highest BCUT2D eigenvalue weighted by atomic mass is 16.6. The normalized spacial score (nSPS) is 14.8. The lowest BCUT2D eigenvalue weighted by Crippen LogP contribution is -2.50. The van der Waals surface area contributed by atoms with E-state index in [1.165, 1.54) is 0 Å². The Bertz CT molecular complexity index is 1330. The molecule has 3 N–H and O–H groups in total. The van der Waals surface area contributed by atoms with E-state index in [9.17, 15) is 4.79 Å². The van der Waals surface area contributed by atoms with Crippen LogP contribution in [0.3, 0.4) is 0 Å². The third kappa shape index (κ3) is 4.28. The van der Waals surface area contributed by atoms with Gasteiger partial charge in [-0.05, 0) is 50.6 Å². The number of nitrogens with two attached hydrogens (primary N) is 1. The molecule has 0 aliphatic carbocycles. The number of amides is 1. The molecular weight excluding hydrogens is 416 g/mol. The Kier molecular flexibility index (Phi) is 5.08. The number of aromatic amines is 1. The molecule has 1 fully saturated rings. The molecule has 1 amide bonds. The lowest BCUT2D eigenvalue weighted by molar-refractivity contribution is 0.0240. The summed E-state index contributed by atoms with van der Waals surface area (Å²) in [4.78, 5) is 28.5. The summed E-state index contributed by atoms with van der Waals surface area (Å²) in [6, 6.07) is 12.5. The van der Waals surface area contributed by atoms with Crippen LogP contribution >= 0.6 is 0 Å². The molecule has 1 aliphatic rings. The van der Waals surface area contributed by atoms with Crippen LogP contribution in [0.25, 0.3) is 33.1 Å². The number of nitrogen functional groups attached to an aromatic ring is 1. The average molecular weight is 445 g/mol. The van der Waals surface area contributed by atoms with Gasteiger partial charge in [0, 0.05) is 54.4 Å². The Balaban J connectivity index is 1.37. The Labute approximate surface area is 192 Å². The van der Waals surface area contributed by atoms with Crippen LogP contribution in [0.15, 0.2) is 48.8 Å². The topological polar surface area (TPSA) is 100 Å². The second-order valence-corrected chi connectivity index (χ2v) is 9.40. The van der Waals surface area contributed by atoms with Gasteiger partial charge < -0.3 is 25.3 Å². The summed E-state index contributed by atoms with van der Waals surface area (Å²) in [7, 11) is 0. The molecule has 170 valence electrons. The molecular formula is C25H28N6O2. The third-order valence-electron chi connectivity index (χ3n) is 5.83. The van der Waals surface area contributed by atoms with E-state index >= 15 is 0 Å². The highest BCUT2D eigenvalue weighted by Gasteiger charge is 2.26. The van der Waals surface area contributed by atoms with Crippen molar-refractivity contribution in [1.29, 1.82) is 0 Å². The van der Waals surface area contributed by atoms with E-state index in [2.05, 4.69) is 50.2 Å². The van der Waals surface area contributed by atoms with Crippen LogP contribution in [0.4, 0.5) is 16.3 Å². The Morgan fingerprint density at radius 1 is 1.00 bits per heavy atom. The highest BCUT2D eigenvalue weighted by Crippen LogP contribution is 2.31. The number of hydrogen-bond acceptors (Lipinski definition) is 6. The molecule has 1 aromatic carbocycles. The molecule has 4 aromatic rings. The average Bonchev–Trinajstić information content (AvgIpc) is 3.15. The maximum Gasteiger partial charge on any atom is 0.410 e. The first-order valence-corrected chi connectivity index (χ1v) is 11.1. The van der Waals surface area contributed by atoms with Crippen molar-refractivity contribution in [2.24, 2.45) is 0 Å². The molecule has 5 rings (SSSR count). The van der Waals surface area contributed by atoms with Gasteiger partial charge in [0.2, 0.25) is 0 Å². The Morgan fingerprint density at radius 2 is 1.79 bits per heavy atom. The monoisotopic (exact) mass is 444 g/mol. The first-order valence-electron chi connectivity index (χ1n) is 11.1. The number of ether oxygens (including phenoxy) is 1. The summed E-state index contributed by atoms with van der Waals surface area (Å²) in [5.74, 6) is 0.487. The first kappa shape index (κ1) is 21.1. The van der Waals surface area contributed by atoms with Crippen LogP contribution in [0.2, 0.25) is 0 Å². The largest absolute Gasteiger partial charge is 0.444 e. The second-order valence-electron chi connectivity index (χ2n) is 9.40. The molecule has 4 heterocycles. The number of rotatable bonds is 2. The molecule has 3 aromatic heterocycles. The van der Waals surface area contributed by atoms with Crippen molar-refractivity contribution in [2.45, 2.75) is 26.4 Å². The van der Waals surface area contributed by atoms with Crippen LogP contribution in [0.1, 0.15) is 20.8 Å². The van der Waals surface area contributed by atoms with Crippen molar-refractivity contribution < 1.29 is 9.53 Å². The number of pyridine rings is 2. The Morgan fingerprint density at radius 3 is 2.55 bits per heavy atom. The van der Waals surface area contributed by atoms with E-state index in [0.29, 0.717) is 18.9 Å². The lowest BCUT2D eigenvalue weighted by atomic mass is 10.0. The van der Waals surface area contributed by atoms with Crippen molar-refractivity contribution in [3.63, 3.8) is 0 Å². The summed E-state index contributed by atoms with van der Waals surface area (Å²) < 4.78 is 5.51. The predicted molar refractivity (Wildman–Crippen MR) is 131 cm³/mol. The smallest absolute Gasteiger partial charge is 0.410 e. The molecule has 8 nitrogen and oxygen atoms in total. The summed E-state index contributed by atoms with van der Waals surface area (Å²) in [6.45, 7) is 8.46. The second kappa shape index (κ2) is 7.95. The molecule has 0 radical (unpaired) electrons. The molecule has 0 saturated carbocycles. The molecule has 0 spiro atoms. The van der Waals surface area contributed by atoms with Crippen LogP contribution < -0.4 is 10.6 Å². The van der Waals surface area contributed by atoms with Crippen molar-refractivity contribution in [3.8, 4) is 11.1 Å². The van der Waals surface area contributed by atoms with Gasteiger partial charge in [-0.15, -0.1) is 0 Å². The maximum absolute atomic E-state index is 12.4. The van der Waals surface area contributed by atoms with Gasteiger partial charge in [-0.2, -0.15) is 0 Å². The first-order chi connectivity index (χ1) is 15.8. The summed E-state index contributed by atoms with van der Waals surface area (Å²) in [6.07, 6.45) is 3.38. The lowest BCUT2D eigenvalue weighted by Gasteiger charge is -2.36. The highest BCUT2D eigenvalue weighted by molar-refractivity contribution is 6.07. The number of carbonyl (C=O) groups excluding carboxylic acids is 1. The SMILES string of the molecule is CC(C)(C)OC(=O)N1CCN(c2cccc(-c3cnc4[nH]c5cnc(N)cc5c4c3)c2)CC1. The molecule has 1 saturated heterocycles. The third-order valence-corrected chi connectivity index (χ3v) is 5.83. The number of anilines is 2. The summed E-state index contributed by atoms with van der Waals surface area (Å²) in [5, 5.41) is 2.04. The fourth-order valence-corrected chi connectivity index (χ4v) is 4.20. The predicted octanol–water partition coefficient (Wildman–Crippen LogP) is 4.42. The van der Waals surface area contributed by atoms with Gasteiger partial charge in [-0.25, -0.2) is 14.8 Å². The van der Waals surface area contributed by atoms with E-state index in [-0.39, 0.29) is 6.09 Å². The number of fused-ring (bicyclic) bond motifs is 3.